The summed E-state index contributed by atoms with van der Waals surface area (Å²) in [4.78, 5) is 12.5. The van der Waals surface area contributed by atoms with Gasteiger partial charge in [-0.15, -0.1) is 0 Å². The van der Waals surface area contributed by atoms with Crippen molar-refractivity contribution in [2.24, 2.45) is 0 Å². The Morgan fingerprint density at radius 3 is 2.62 bits per heavy atom. The van der Waals surface area contributed by atoms with Gasteiger partial charge in [-0.1, -0.05) is 54.6 Å². The molecule has 0 aliphatic rings. The molecule has 1 heterocycles. The molecule has 144 valence electrons. The molecule has 0 saturated carbocycles. The summed E-state index contributed by atoms with van der Waals surface area (Å²) in [7, 11) is 0. The highest BCUT2D eigenvalue weighted by Gasteiger charge is 2.14. The van der Waals surface area contributed by atoms with Gasteiger partial charge in [0, 0.05) is 17.1 Å². The molecular formula is C23H18N2O3S. The second kappa shape index (κ2) is 8.58. The van der Waals surface area contributed by atoms with E-state index in [1.807, 2.05) is 78.9 Å². The van der Waals surface area contributed by atoms with Crippen LogP contribution >= 0.6 is 12.2 Å². The number of rotatable bonds is 5. The normalized spacial score (nSPS) is 10.5. The number of hydrogen-bond acceptors (Lipinski definition) is 4. The summed E-state index contributed by atoms with van der Waals surface area (Å²) in [6.07, 6.45) is 1.43. The molecule has 0 radical (unpaired) electrons. The number of hydrogen-bond donors (Lipinski definition) is 2. The molecule has 2 N–H and O–H groups in total. The number of benzene rings is 3. The Morgan fingerprint density at radius 1 is 0.966 bits per heavy atom. The van der Waals surface area contributed by atoms with E-state index in [4.69, 9.17) is 21.4 Å². The van der Waals surface area contributed by atoms with Gasteiger partial charge in [-0.25, -0.2) is 0 Å². The highest BCUT2D eigenvalue weighted by molar-refractivity contribution is 7.80. The molecule has 0 aliphatic carbocycles. The molecule has 4 aromatic rings. The van der Waals surface area contributed by atoms with Crippen LogP contribution in [0.5, 0.6) is 5.75 Å². The van der Waals surface area contributed by atoms with E-state index in [-0.39, 0.29) is 11.0 Å². The van der Waals surface area contributed by atoms with E-state index in [0.717, 1.165) is 16.6 Å². The van der Waals surface area contributed by atoms with Crippen molar-refractivity contribution in [2.75, 3.05) is 5.32 Å². The zero-order valence-corrected chi connectivity index (χ0v) is 16.2. The van der Waals surface area contributed by atoms with Gasteiger partial charge in [-0.2, -0.15) is 0 Å². The predicted molar refractivity (Wildman–Crippen MR) is 117 cm³/mol. The number of thiocarbonyl (C=S) groups is 1. The summed E-state index contributed by atoms with van der Waals surface area (Å²) in [6.45, 7) is 0.471. The van der Waals surface area contributed by atoms with Crippen LogP contribution in [0.25, 0.3) is 11.0 Å². The van der Waals surface area contributed by atoms with Crippen molar-refractivity contribution in [3.63, 3.8) is 0 Å². The van der Waals surface area contributed by atoms with Gasteiger partial charge in [0.1, 0.15) is 24.2 Å². The average Bonchev–Trinajstić information content (AvgIpc) is 3.17. The van der Waals surface area contributed by atoms with Crippen molar-refractivity contribution in [2.45, 2.75) is 6.61 Å². The number of fused-ring (bicyclic) bond motifs is 1. The van der Waals surface area contributed by atoms with Gasteiger partial charge in [0.2, 0.25) is 0 Å². The van der Waals surface area contributed by atoms with E-state index < -0.39 is 0 Å². The third-order valence-electron chi connectivity index (χ3n) is 4.29. The number of furan rings is 1. The lowest BCUT2D eigenvalue weighted by atomic mass is 10.2. The lowest BCUT2D eigenvalue weighted by molar-refractivity contribution is 0.0978. The minimum absolute atomic E-state index is 0.195. The lowest BCUT2D eigenvalue weighted by Crippen LogP contribution is -2.33. The Morgan fingerprint density at radius 2 is 1.76 bits per heavy atom. The van der Waals surface area contributed by atoms with Gasteiger partial charge in [-0.3, -0.25) is 10.1 Å². The van der Waals surface area contributed by atoms with Crippen LogP contribution in [-0.2, 0) is 6.61 Å². The second-order valence-electron chi connectivity index (χ2n) is 6.36. The zero-order chi connectivity index (χ0) is 20.1. The van der Waals surface area contributed by atoms with Crippen molar-refractivity contribution < 1.29 is 13.9 Å². The predicted octanol–water partition coefficient (Wildman–Crippen LogP) is 5.14. The Hall–Kier alpha value is -3.64. The Labute approximate surface area is 173 Å². The molecule has 0 aliphatic heterocycles. The number of nitrogens with one attached hydrogen (secondary N) is 2. The SMILES string of the molecule is O=C(NC(=S)Nc1cccc(OCc2ccccc2)c1)c1coc2ccccc12. The summed E-state index contributed by atoms with van der Waals surface area (Å²) < 4.78 is 11.2. The summed E-state index contributed by atoms with van der Waals surface area (Å²) in [5.41, 5.74) is 2.89. The molecular weight excluding hydrogens is 384 g/mol. The summed E-state index contributed by atoms with van der Waals surface area (Å²) in [5.74, 6) is 0.373. The standard InChI is InChI=1S/C23H18N2O3S/c26-22(20-15-28-21-12-5-4-11-19(20)21)25-23(29)24-17-9-6-10-18(13-17)27-14-16-7-2-1-3-8-16/h1-13,15H,14H2,(H2,24,25,26,29). The maximum Gasteiger partial charge on any atom is 0.261 e. The number of carbonyl (C=O) groups excluding carboxylic acids is 1. The molecule has 0 atom stereocenters. The van der Waals surface area contributed by atoms with Crippen LogP contribution in [-0.4, -0.2) is 11.0 Å². The number of anilines is 1. The molecule has 5 nitrogen and oxygen atoms in total. The van der Waals surface area contributed by atoms with Gasteiger partial charge in [0.25, 0.3) is 5.91 Å². The molecule has 0 saturated heterocycles. The Bertz CT molecular complexity index is 1150. The summed E-state index contributed by atoms with van der Waals surface area (Å²) in [6, 6.07) is 24.7. The fourth-order valence-electron chi connectivity index (χ4n) is 2.89. The van der Waals surface area contributed by atoms with E-state index in [1.165, 1.54) is 6.26 Å². The van der Waals surface area contributed by atoms with Gasteiger partial charge in [0.15, 0.2) is 5.11 Å². The molecule has 1 aromatic heterocycles. The molecule has 0 fully saturated rings. The first-order chi connectivity index (χ1) is 14.2. The Kier molecular flexibility index (Phi) is 5.54. The Balaban J connectivity index is 1.37. The fourth-order valence-corrected chi connectivity index (χ4v) is 3.10. The van der Waals surface area contributed by atoms with Crippen LogP contribution in [0.3, 0.4) is 0 Å². The molecule has 3 aromatic carbocycles. The molecule has 6 heteroatoms. The fraction of sp³-hybridized carbons (Fsp3) is 0.0435. The van der Waals surface area contributed by atoms with E-state index in [2.05, 4.69) is 10.6 Å². The number of ether oxygens (including phenoxy) is 1. The van der Waals surface area contributed by atoms with E-state index in [1.54, 1.807) is 0 Å². The quantitative estimate of drug-likeness (QED) is 0.453. The van der Waals surface area contributed by atoms with Crippen LogP contribution in [0.1, 0.15) is 15.9 Å². The first-order valence-electron chi connectivity index (χ1n) is 9.04. The first-order valence-corrected chi connectivity index (χ1v) is 9.45. The topological polar surface area (TPSA) is 63.5 Å². The third-order valence-corrected chi connectivity index (χ3v) is 4.50. The van der Waals surface area contributed by atoms with Crippen LogP contribution in [0.15, 0.2) is 89.5 Å². The van der Waals surface area contributed by atoms with Gasteiger partial charge < -0.3 is 14.5 Å². The van der Waals surface area contributed by atoms with Crippen LogP contribution in [0.2, 0.25) is 0 Å². The molecule has 1 amide bonds. The van der Waals surface area contributed by atoms with Crippen molar-refractivity contribution in [3.05, 3.63) is 96.3 Å². The van der Waals surface area contributed by atoms with Crippen LogP contribution in [0.4, 0.5) is 5.69 Å². The number of carbonyl (C=O) groups is 1. The van der Waals surface area contributed by atoms with Gasteiger partial charge >= 0.3 is 0 Å². The van der Waals surface area contributed by atoms with E-state index in [9.17, 15) is 4.79 Å². The van der Waals surface area contributed by atoms with E-state index in [0.29, 0.717) is 23.5 Å². The summed E-state index contributed by atoms with van der Waals surface area (Å²) in [5, 5.41) is 6.63. The van der Waals surface area contributed by atoms with E-state index >= 15 is 0 Å². The molecule has 0 spiro atoms. The maximum absolute atomic E-state index is 12.5. The van der Waals surface area contributed by atoms with Gasteiger partial charge in [-0.05, 0) is 36.0 Å². The largest absolute Gasteiger partial charge is 0.489 e. The van der Waals surface area contributed by atoms with Crippen molar-refractivity contribution in [3.8, 4) is 5.75 Å². The summed E-state index contributed by atoms with van der Waals surface area (Å²) >= 11 is 5.28. The molecule has 0 bridgehead atoms. The highest BCUT2D eigenvalue weighted by atomic mass is 32.1. The maximum atomic E-state index is 12.5. The highest BCUT2D eigenvalue weighted by Crippen LogP contribution is 2.21. The number of amides is 1. The zero-order valence-electron chi connectivity index (χ0n) is 15.4. The van der Waals surface area contributed by atoms with Crippen molar-refractivity contribution >= 4 is 39.9 Å². The first kappa shape index (κ1) is 18.7. The minimum atomic E-state index is -0.330. The smallest absolute Gasteiger partial charge is 0.261 e. The molecule has 0 unspecified atom stereocenters. The van der Waals surface area contributed by atoms with Gasteiger partial charge in [0.05, 0.1) is 5.56 Å². The monoisotopic (exact) mass is 402 g/mol. The van der Waals surface area contributed by atoms with Crippen molar-refractivity contribution in [1.29, 1.82) is 0 Å². The van der Waals surface area contributed by atoms with Crippen molar-refractivity contribution in [1.82, 2.24) is 5.32 Å². The molecule has 29 heavy (non-hydrogen) atoms. The second-order valence-corrected chi connectivity index (χ2v) is 6.76. The number of para-hydroxylation sites is 1. The average molecular weight is 402 g/mol. The minimum Gasteiger partial charge on any atom is -0.489 e. The van der Waals surface area contributed by atoms with Crippen LogP contribution < -0.4 is 15.4 Å². The molecule has 4 rings (SSSR count). The third kappa shape index (κ3) is 4.62. The lowest BCUT2D eigenvalue weighted by Gasteiger charge is -2.11. The van der Waals surface area contributed by atoms with Crippen LogP contribution in [0, 0.1) is 0 Å².